The Bertz CT molecular complexity index is 368. The van der Waals surface area contributed by atoms with E-state index in [2.05, 4.69) is 0 Å². The molecule has 1 aliphatic heterocycles. The molecule has 0 radical (unpaired) electrons. The van der Waals surface area contributed by atoms with Crippen molar-refractivity contribution < 1.29 is 19.4 Å². The van der Waals surface area contributed by atoms with Crippen molar-refractivity contribution in [2.75, 3.05) is 19.8 Å². The van der Waals surface area contributed by atoms with Gasteiger partial charge in [0.15, 0.2) is 0 Å². The summed E-state index contributed by atoms with van der Waals surface area (Å²) in [5.74, 6) is -0.0867. The van der Waals surface area contributed by atoms with E-state index in [4.69, 9.17) is 9.47 Å². The number of rotatable bonds is 4. The third kappa shape index (κ3) is 2.77. The van der Waals surface area contributed by atoms with Crippen LogP contribution in [-0.2, 0) is 9.53 Å². The Kier molecular flexibility index (Phi) is 3.64. The van der Waals surface area contributed by atoms with Crippen LogP contribution in [0.5, 0.6) is 5.75 Å². The molecule has 1 N–H and O–H groups in total. The van der Waals surface area contributed by atoms with E-state index in [1.807, 2.05) is 30.3 Å². The first kappa shape index (κ1) is 11.9. The highest BCUT2D eigenvalue weighted by Crippen LogP contribution is 2.31. The number of carboxylic acids is 1. The normalized spacial score (nSPS) is 18.6. The number of carbonyl (C=O) groups is 1. The molecular formula is C13H16O4. The monoisotopic (exact) mass is 236 g/mol. The minimum Gasteiger partial charge on any atom is -0.492 e. The summed E-state index contributed by atoms with van der Waals surface area (Å²) in [7, 11) is 0. The highest BCUT2D eigenvalue weighted by molar-refractivity contribution is 5.75. The van der Waals surface area contributed by atoms with E-state index in [0.29, 0.717) is 31.8 Å². The zero-order valence-corrected chi connectivity index (χ0v) is 9.59. The van der Waals surface area contributed by atoms with Gasteiger partial charge in [-0.05, 0) is 25.0 Å². The number of aliphatic carboxylic acids is 1. The Labute approximate surface area is 100 Å². The average molecular weight is 236 g/mol. The molecular weight excluding hydrogens is 220 g/mol. The van der Waals surface area contributed by atoms with Crippen LogP contribution in [0.25, 0.3) is 0 Å². The molecule has 92 valence electrons. The molecule has 0 aliphatic carbocycles. The van der Waals surface area contributed by atoms with Gasteiger partial charge in [0, 0.05) is 13.2 Å². The van der Waals surface area contributed by atoms with Gasteiger partial charge in [0.25, 0.3) is 0 Å². The predicted octanol–water partition coefficient (Wildman–Crippen LogP) is 1.95. The number of hydrogen-bond donors (Lipinski definition) is 1. The van der Waals surface area contributed by atoms with Crippen LogP contribution in [0.1, 0.15) is 12.8 Å². The second kappa shape index (κ2) is 5.19. The summed E-state index contributed by atoms with van der Waals surface area (Å²) in [5.41, 5.74) is -0.798. The highest BCUT2D eigenvalue weighted by atomic mass is 16.5. The lowest BCUT2D eigenvalue weighted by molar-refractivity contribution is -0.157. The van der Waals surface area contributed by atoms with Gasteiger partial charge in [-0.2, -0.15) is 0 Å². The van der Waals surface area contributed by atoms with Crippen molar-refractivity contribution in [1.29, 1.82) is 0 Å². The van der Waals surface area contributed by atoms with Crippen LogP contribution in [0, 0.1) is 5.41 Å². The Morgan fingerprint density at radius 1 is 1.29 bits per heavy atom. The SMILES string of the molecule is O=C(O)C1(COc2ccccc2)CCOCC1. The van der Waals surface area contributed by atoms with E-state index in [1.165, 1.54) is 0 Å². The summed E-state index contributed by atoms with van der Waals surface area (Å²) in [6.07, 6.45) is 1.02. The smallest absolute Gasteiger partial charge is 0.313 e. The van der Waals surface area contributed by atoms with Gasteiger partial charge in [-0.1, -0.05) is 18.2 Å². The number of carboxylic acid groups (broad SMARTS) is 1. The van der Waals surface area contributed by atoms with E-state index in [0.717, 1.165) is 0 Å². The fraction of sp³-hybridized carbons (Fsp3) is 0.462. The topological polar surface area (TPSA) is 55.8 Å². The second-order valence-corrected chi connectivity index (χ2v) is 4.30. The van der Waals surface area contributed by atoms with E-state index >= 15 is 0 Å². The maximum Gasteiger partial charge on any atom is 0.313 e. The van der Waals surface area contributed by atoms with Crippen LogP contribution in [0.2, 0.25) is 0 Å². The molecule has 4 heteroatoms. The van der Waals surface area contributed by atoms with Gasteiger partial charge in [-0.3, -0.25) is 4.79 Å². The first-order valence-electron chi connectivity index (χ1n) is 5.72. The lowest BCUT2D eigenvalue weighted by Gasteiger charge is -2.32. The van der Waals surface area contributed by atoms with E-state index in [1.54, 1.807) is 0 Å². The zero-order chi connectivity index (χ0) is 12.1. The third-order valence-corrected chi connectivity index (χ3v) is 3.16. The third-order valence-electron chi connectivity index (χ3n) is 3.16. The summed E-state index contributed by atoms with van der Waals surface area (Å²) >= 11 is 0. The van der Waals surface area contributed by atoms with Gasteiger partial charge in [0.2, 0.25) is 0 Å². The van der Waals surface area contributed by atoms with E-state index < -0.39 is 11.4 Å². The molecule has 1 aromatic carbocycles. The minimum absolute atomic E-state index is 0.204. The predicted molar refractivity (Wildman–Crippen MR) is 62.1 cm³/mol. The van der Waals surface area contributed by atoms with E-state index in [-0.39, 0.29) is 6.61 Å². The summed E-state index contributed by atoms with van der Waals surface area (Å²) in [6, 6.07) is 9.29. The standard InChI is InChI=1S/C13H16O4/c14-12(15)13(6-8-16-9-7-13)10-17-11-4-2-1-3-5-11/h1-5H,6-10H2,(H,14,15). The molecule has 0 saturated carbocycles. The van der Waals surface area contributed by atoms with Gasteiger partial charge in [-0.15, -0.1) is 0 Å². The van der Waals surface area contributed by atoms with Gasteiger partial charge in [0.05, 0.1) is 0 Å². The van der Waals surface area contributed by atoms with Crippen molar-refractivity contribution in [3.8, 4) is 5.75 Å². The lowest BCUT2D eigenvalue weighted by atomic mass is 9.81. The number of hydrogen-bond acceptors (Lipinski definition) is 3. The first-order valence-corrected chi connectivity index (χ1v) is 5.72. The fourth-order valence-electron chi connectivity index (χ4n) is 1.92. The number of para-hydroxylation sites is 1. The largest absolute Gasteiger partial charge is 0.492 e. The molecule has 1 saturated heterocycles. The van der Waals surface area contributed by atoms with Crippen LogP contribution in [-0.4, -0.2) is 30.9 Å². The summed E-state index contributed by atoms with van der Waals surface area (Å²) in [5, 5.41) is 9.33. The summed E-state index contributed by atoms with van der Waals surface area (Å²) in [4.78, 5) is 11.4. The Balaban J connectivity index is 2.01. The molecule has 0 bridgehead atoms. The van der Waals surface area contributed by atoms with Crippen molar-refractivity contribution in [1.82, 2.24) is 0 Å². The second-order valence-electron chi connectivity index (χ2n) is 4.30. The molecule has 1 aliphatic rings. The van der Waals surface area contributed by atoms with Crippen LogP contribution in [0.3, 0.4) is 0 Å². The molecule has 1 heterocycles. The molecule has 0 amide bonds. The average Bonchev–Trinajstić information content (AvgIpc) is 2.38. The highest BCUT2D eigenvalue weighted by Gasteiger charge is 2.41. The molecule has 0 spiro atoms. The fourth-order valence-corrected chi connectivity index (χ4v) is 1.92. The van der Waals surface area contributed by atoms with Gasteiger partial charge >= 0.3 is 5.97 Å². The Morgan fingerprint density at radius 2 is 1.94 bits per heavy atom. The molecule has 0 aromatic heterocycles. The minimum atomic E-state index is -0.798. The molecule has 17 heavy (non-hydrogen) atoms. The molecule has 0 unspecified atom stereocenters. The molecule has 1 fully saturated rings. The number of ether oxygens (including phenoxy) is 2. The summed E-state index contributed by atoms with van der Waals surface area (Å²) < 4.78 is 10.8. The van der Waals surface area contributed by atoms with Crippen molar-refractivity contribution in [3.63, 3.8) is 0 Å². The van der Waals surface area contributed by atoms with Crippen LogP contribution >= 0.6 is 0 Å². The quantitative estimate of drug-likeness (QED) is 0.868. The van der Waals surface area contributed by atoms with Crippen LogP contribution < -0.4 is 4.74 Å². The van der Waals surface area contributed by atoms with Crippen molar-refractivity contribution in [2.24, 2.45) is 5.41 Å². The Hall–Kier alpha value is -1.55. The van der Waals surface area contributed by atoms with Gasteiger partial charge < -0.3 is 14.6 Å². The van der Waals surface area contributed by atoms with Crippen molar-refractivity contribution in [2.45, 2.75) is 12.8 Å². The first-order chi connectivity index (χ1) is 8.23. The maximum absolute atomic E-state index is 11.4. The van der Waals surface area contributed by atoms with Crippen LogP contribution in [0.15, 0.2) is 30.3 Å². The van der Waals surface area contributed by atoms with E-state index in [9.17, 15) is 9.90 Å². The molecule has 0 atom stereocenters. The van der Waals surface area contributed by atoms with Crippen LogP contribution in [0.4, 0.5) is 0 Å². The Morgan fingerprint density at radius 3 is 2.53 bits per heavy atom. The lowest BCUT2D eigenvalue weighted by Crippen LogP contribution is -2.42. The summed E-state index contributed by atoms with van der Waals surface area (Å²) in [6.45, 7) is 1.19. The van der Waals surface area contributed by atoms with Crippen molar-refractivity contribution in [3.05, 3.63) is 30.3 Å². The molecule has 1 aromatic rings. The van der Waals surface area contributed by atoms with Crippen molar-refractivity contribution >= 4 is 5.97 Å². The van der Waals surface area contributed by atoms with Gasteiger partial charge in [0.1, 0.15) is 17.8 Å². The molecule has 2 rings (SSSR count). The van der Waals surface area contributed by atoms with Gasteiger partial charge in [-0.25, -0.2) is 0 Å². The zero-order valence-electron chi connectivity index (χ0n) is 9.59. The molecule has 4 nitrogen and oxygen atoms in total. The number of benzene rings is 1. The maximum atomic E-state index is 11.4.